The van der Waals surface area contributed by atoms with Crippen LogP contribution in [0.1, 0.15) is 0 Å². The van der Waals surface area contributed by atoms with Gasteiger partial charge in [0.1, 0.15) is 16.7 Å². The molecule has 0 spiro atoms. The molecule has 0 aliphatic carbocycles. The van der Waals surface area contributed by atoms with Crippen molar-refractivity contribution < 1.29 is 8.83 Å². The number of fused-ring (bicyclic) bond motifs is 10. The van der Waals surface area contributed by atoms with E-state index >= 15 is 0 Å². The SMILES string of the molecule is c1ccc(-c2ccc(N(c3ccc4c(c3)oc3ccc5ccccc5c34)c3ccc4ccc5ccc6nc(-c7ccccc7)oc6c5c4c3)cc2)cc1. The quantitative estimate of drug-likeness (QED) is 0.170. The predicted octanol–water partition coefficient (Wildman–Crippen LogP) is 14.0. The Kier molecular flexibility index (Phi) is 6.52. The molecule has 0 amide bonds. The number of hydrogen-bond donors (Lipinski definition) is 0. The Bertz CT molecular complexity index is 3160. The highest BCUT2D eigenvalue weighted by molar-refractivity contribution is 6.20. The van der Waals surface area contributed by atoms with Crippen molar-refractivity contribution in [3.63, 3.8) is 0 Å². The zero-order valence-electron chi connectivity index (χ0n) is 28.5. The average Bonchev–Trinajstić information content (AvgIpc) is 3.84. The van der Waals surface area contributed by atoms with Gasteiger partial charge in [0.2, 0.25) is 5.89 Å². The Morgan fingerprint density at radius 3 is 1.85 bits per heavy atom. The van der Waals surface area contributed by atoms with Crippen LogP contribution in [0.4, 0.5) is 17.1 Å². The molecule has 248 valence electrons. The van der Waals surface area contributed by atoms with Crippen LogP contribution in [0.25, 0.3) is 87.9 Å². The largest absolute Gasteiger partial charge is 0.456 e. The fraction of sp³-hybridized carbons (Fsp3) is 0. The first kappa shape index (κ1) is 29.5. The third-order valence-corrected chi connectivity index (χ3v) is 10.5. The third kappa shape index (κ3) is 4.80. The highest BCUT2D eigenvalue weighted by atomic mass is 16.3. The van der Waals surface area contributed by atoms with Gasteiger partial charge in [-0.15, -0.1) is 0 Å². The van der Waals surface area contributed by atoms with Gasteiger partial charge >= 0.3 is 0 Å². The van der Waals surface area contributed by atoms with E-state index in [0.29, 0.717) is 5.89 Å². The van der Waals surface area contributed by atoms with E-state index in [9.17, 15) is 0 Å². The van der Waals surface area contributed by atoms with Gasteiger partial charge in [0.15, 0.2) is 5.58 Å². The molecular weight excluding hydrogens is 649 g/mol. The maximum atomic E-state index is 6.57. The van der Waals surface area contributed by atoms with Crippen LogP contribution in [0.2, 0.25) is 0 Å². The summed E-state index contributed by atoms with van der Waals surface area (Å²) in [6, 6.07) is 63.9. The average molecular weight is 679 g/mol. The topological polar surface area (TPSA) is 42.4 Å². The van der Waals surface area contributed by atoms with Gasteiger partial charge in [-0.05, 0) is 98.7 Å². The minimum atomic E-state index is 0.619. The summed E-state index contributed by atoms with van der Waals surface area (Å²) in [5.74, 6) is 0.619. The Hall–Kier alpha value is -7.17. The van der Waals surface area contributed by atoms with Crippen molar-refractivity contribution in [2.24, 2.45) is 0 Å². The fourth-order valence-corrected chi connectivity index (χ4v) is 7.91. The number of anilines is 3. The van der Waals surface area contributed by atoms with Crippen molar-refractivity contribution in [1.82, 2.24) is 4.98 Å². The van der Waals surface area contributed by atoms with Crippen molar-refractivity contribution in [2.45, 2.75) is 0 Å². The summed E-state index contributed by atoms with van der Waals surface area (Å²) in [5.41, 5.74) is 9.75. The second-order valence-corrected chi connectivity index (χ2v) is 13.6. The van der Waals surface area contributed by atoms with Crippen molar-refractivity contribution in [3.8, 4) is 22.6 Å². The fourth-order valence-electron chi connectivity index (χ4n) is 7.91. The number of furan rings is 1. The van der Waals surface area contributed by atoms with Gasteiger partial charge in [-0.2, -0.15) is 0 Å². The van der Waals surface area contributed by atoms with Crippen molar-refractivity contribution in [1.29, 1.82) is 0 Å². The second-order valence-electron chi connectivity index (χ2n) is 13.6. The lowest BCUT2D eigenvalue weighted by Crippen LogP contribution is -2.09. The first-order chi connectivity index (χ1) is 26.2. The van der Waals surface area contributed by atoms with Gasteiger partial charge in [-0.1, -0.05) is 115 Å². The van der Waals surface area contributed by atoms with Gasteiger partial charge in [0, 0.05) is 44.9 Å². The van der Waals surface area contributed by atoms with Crippen LogP contribution in [-0.2, 0) is 0 Å². The monoisotopic (exact) mass is 678 g/mol. The summed E-state index contributed by atoms with van der Waals surface area (Å²) in [7, 11) is 0. The van der Waals surface area contributed by atoms with Crippen LogP contribution >= 0.6 is 0 Å². The van der Waals surface area contributed by atoms with E-state index in [-0.39, 0.29) is 0 Å². The van der Waals surface area contributed by atoms with Crippen LogP contribution in [-0.4, -0.2) is 4.98 Å². The Morgan fingerprint density at radius 1 is 0.377 bits per heavy atom. The number of aromatic nitrogens is 1. The predicted molar refractivity (Wildman–Crippen MR) is 219 cm³/mol. The maximum absolute atomic E-state index is 6.57. The standard InChI is InChI=1S/C49H30N2O2/c1-3-9-31(10-4-1)32-17-22-37(23-18-32)51(39-25-26-41-45(30-39)52-44-28-21-33-11-7-8-14-40(33)47(41)44)38-24-19-34-15-16-35-20-27-43-48(46(35)42(34)29-38)53-49(50-43)36-12-5-2-6-13-36/h1-30H. The molecule has 53 heavy (non-hydrogen) atoms. The summed E-state index contributed by atoms with van der Waals surface area (Å²) in [6.45, 7) is 0. The first-order valence-electron chi connectivity index (χ1n) is 17.9. The van der Waals surface area contributed by atoms with Crippen LogP contribution in [0, 0.1) is 0 Å². The van der Waals surface area contributed by atoms with E-state index in [1.54, 1.807) is 0 Å². The summed E-state index contributed by atoms with van der Waals surface area (Å²) in [4.78, 5) is 7.22. The summed E-state index contributed by atoms with van der Waals surface area (Å²) in [6.07, 6.45) is 0. The molecule has 0 aliphatic heterocycles. The number of oxazole rings is 1. The van der Waals surface area contributed by atoms with Crippen molar-refractivity contribution in [2.75, 3.05) is 4.90 Å². The minimum absolute atomic E-state index is 0.619. The van der Waals surface area contributed by atoms with Gasteiger partial charge in [-0.3, -0.25) is 0 Å². The Balaban J connectivity index is 1.13. The molecule has 0 N–H and O–H groups in total. The number of rotatable bonds is 5. The molecule has 0 atom stereocenters. The Labute approximate surface area is 304 Å². The molecule has 0 fully saturated rings. The zero-order chi connectivity index (χ0) is 34.9. The summed E-state index contributed by atoms with van der Waals surface area (Å²) >= 11 is 0. The maximum Gasteiger partial charge on any atom is 0.227 e. The lowest BCUT2D eigenvalue weighted by atomic mass is 9.99. The van der Waals surface area contributed by atoms with E-state index < -0.39 is 0 Å². The van der Waals surface area contributed by atoms with Gasteiger partial charge in [-0.25, -0.2) is 4.98 Å². The molecule has 11 rings (SSSR count). The minimum Gasteiger partial charge on any atom is -0.456 e. The zero-order valence-corrected chi connectivity index (χ0v) is 28.5. The van der Waals surface area contributed by atoms with Crippen molar-refractivity contribution in [3.05, 3.63) is 182 Å². The lowest BCUT2D eigenvalue weighted by Gasteiger charge is -2.26. The molecule has 4 heteroatoms. The normalized spacial score (nSPS) is 11.8. The van der Waals surface area contributed by atoms with Crippen LogP contribution in [0.5, 0.6) is 0 Å². The van der Waals surface area contributed by atoms with Gasteiger partial charge in [0.25, 0.3) is 0 Å². The molecule has 0 saturated heterocycles. The second kappa shape index (κ2) is 11.7. The van der Waals surface area contributed by atoms with E-state index in [2.05, 4.69) is 157 Å². The molecule has 0 radical (unpaired) electrons. The smallest absolute Gasteiger partial charge is 0.227 e. The van der Waals surface area contributed by atoms with E-state index in [0.717, 1.165) is 77.2 Å². The van der Waals surface area contributed by atoms with Crippen LogP contribution < -0.4 is 4.90 Å². The molecule has 0 bridgehead atoms. The summed E-state index contributed by atoms with van der Waals surface area (Å²) < 4.78 is 13.1. The molecule has 0 aliphatic rings. The molecule has 0 saturated carbocycles. The molecular formula is C49H30N2O2. The summed E-state index contributed by atoms with van der Waals surface area (Å²) in [5, 5.41) is 9.03. The molecule has 2 heterocycles. The molecule has 11 aromatic rings. The number of benzene rings is 9. The van der Waals surface area contributed by atoms with Crippen molar-refractivity contribution >= 4 is 82.4 Å². The number of hydrogen-bond acceptors (Lipinski definition) is 4. The van der Waals surface area contributed by atoms with E-state index in [1.807, 2.05) is 30.3 Å². The molecule has 0 unspecified atom stereocenters. The Morgan fingerprint density at radius 2 is 1.00 bits per heavy atom. The van der Waals surface area contributed by atoms with E-state index in [1.165, 1.54) is 21.9 Å². The van der Waals surface area contributed by atoms with Crippen LogP contribution in [0.15, 0.2) is 191 Å². The highest BCUT2D eigenvalue weighted by Gasteiger charge is 2.19. The van der Waals surface area contributed by atoms with Gasteiger partial charge in [0.05, 0.1) is 0 Å². The first-order valence-corrected chi connectivity index (χ1v) is 17.9. The van der Waals surface area contributed by atoms with E-state index in [4.69, 9.17) is 13.8 Å². The van der Waals surface area contributed by atoms with Crippen LogP contribution in [0.3, 0.4) is 0 Å². The van der Waals surface area contributed by atoms with Gasteiger partial charge < -0.3 is 13.7 Å². The lowest BCUT2D eigenvalue weighted by molar-refractivity contribution is 0.623. The molecule has 4 nitrogen and oxygen atoms in total. The highest BCUT2D eigenvalue weighted by Crippen LogP contribution is 2.43. The molecule has 9 aromatic carbocycles. The third-order valence-electron chi connectivity index (χ3n) is 10.5. The number of nitrogens with zero attached hydrogens (tertiary/aromatic N) is 2. The molecule has 2 aromatic heterocycles.